The largest absolute Gasteiger partial charge is 0.542 e. The van der Waals surface area contributed by atoms with Gasteiger partial charge in [0.1, 0.15) is 72.4 Å². The van der Waals surface area contributed by atoms with Crippen molar-refractivity contribution in [2.45, 2.75) is 204 Å². The fraction of sp³-hybridized carbons (Fsp3) is 0.430. The first kappa shape index (κ1) is 99.3. The van der Waals surface area contributed by atoms with Gasteiger partial charge < -0.3 is 88.6 Å². The summed E-state index contributed by atoms with van der Waals surface area (Å²) in [7, 11) is 1.20. The topological polar surface area (TPSA) is 520 Å². The molecular weight excluding hydrogens is 1650 g/mol. The SMILES string of the molecule is CC(=O)Nc1ccc(C[C@@H](NC(=O)[C@H](Cc2ccc(NC(=O)[C@@H]3CC(=O)NC(=O)N3)cc2)N(C)C(=O)[C@H](CO)NC(=O)[C@@H](Cc2cccnc2)NC(=O)[C@@H](Cc2ccc(Cl)cc2)NC(=O)[C@@H](Cc2ccc3ccccc3c2)NC(C)=O)C(=O)N[C@@H](CC(C)C)C(=O)N[C@@H](CCCCNC(C)C)C(=O)N2CCC[C@H]2C(=O)N[C@H](C)C([NH3+])=O)cc1.O=C([O-])C(F)(F)F. The van der Waals surface area contributed by atoms with Crippen molar-refractivity contribution in [2.24, 2.45) is 5.92 Å². The Morgan fingerprint density at radius 1 is 0.592 bits per heavy atom. The molecule has 0 saturated carbocycles. The molecule has 17 N–H and O–H groups in total. The summed E-state index contributed by atoms with van der Waals surface area (Å²) in [5.74, 6) is -13.8. The minimum absolute atomic E-state index is 0.00875. The molecule has 5 aromatic carbocycles. The van der Waals surface area contributed by atoms with Gasteiger partial charge in [-0.05, 0) is 139 Å². The highest BCUT2D eigenvalue weighted by Gasteiger charge is 2.42. The number of anilines is 2. The number of aliphatic hydroxyl groups is 1. The van der Waals surface area contributed by atoms with Crippen molar-refractivity contribution in [3.05, 3.63) is 173 Å². The Hall–Kier alpha value is -12.8. The van der Waals surface area contributed by atoms with E-state index in [2.05, 4.69) is 79.8 Å². The molecule has 3 heterocycles. The molecule has 39 heteroatoms. The van der Waals surface area contributed by atoms with Crippen molar-refractivity contribution in [1.82, 2.24) is 73.3 Å². The quantitative estimate of drug-likeness (QED) is 0.0237. The third kappa shape index (κ3) is 32.1. The van der Waals surface area contributed by atoms with Crippen molar-refractivity contribution in [3.8, 4) is 0 Å². The predicted molar refractivity (Wildman–Crippen MR) is 450 cm³/mol. The highest BCUT2D eigenvalue weighted by Crippen LogP contribution is 2.24. The number of likely N-dealkylation sites (N-methyl/N-ethyl adjacent to an activating group) is 1. The van der Waals surface area contributed by atoms with Crippen LogP contribution in [0, 0.1) is 5.92 Å². The Balaban J connectivity index is 0.00000293. The molecule has 35 nitrogen and oxygen atoms in total. The van der Waals surface area contributed by atoms with Crippen LogP contribution in [0.3, 0.4) is 0 Å². The Labute approximate surface area is 724 Å². The predicted octanol–water partition coefficient (Wildman–Crippen LogP) is 0.906. The molecule has 0 radical (unpaired) electrons. The Morgan fingerprint density at radius 2 is 1.10 bits per heavy atom. The van der Waals surface area contributed by atoms with Gasteiger partial charge in [0.25, 0.3) is 0 Å². The smallest absolute Gasteiger partial charge is 0.430 e. The summed E-state index contributed by atoms with van der Waals surface area (Å²) in [6, 6.07) is 19.1. The fourth-order valence-corrected chi connectivity index (χ4v) is 13.9. The van der Waals surface area contributed by atoms with Gasteiger partial charge >= 0.3 is 18.1 Å². The molecule has 0 spiro atoms. The first-order valence-electron chi connectivity index (χ1n) is 40.6. The summed E-state index contributed by atoms with van der Waals surface area (Å²) in [5.41, 5.74) is 6.33. The summed E-state index contributed by atoms with van der Waals surface area (Å²) >= 11 is 6.28. The summed E-state index contributed by atoms with van der Waals surface area (Å²) in [5, 5.41) is 57.3. The lowest BCUT2D eigenvalue weighted by Crippen LogP contribution is -2.66. The Morgan fingerprint density at radius 3 is 1.62 bits per heavy atom. The van der Waals surface area contributed by atoms with Gasteiger partial charge in [0.05, 0.1) is 13.0 Å². The minimum Gasteiger partial charge on any atom is -0.542 e. The van der Waals surface area contributed by atoms with Crippen LogP contribution in [0.1, 0.15) is 121 Å². The molecule has 2 saturated heterocycles. The van der Waals surface area contributed by atoms with E-state index in [1.165, 1.54) is 69.4 Å². The summed E-state index contributed by atoms with van der Waals surface area (Å²) < 4.78 is 31.5. The van der Waals surface area contributed by atoms with E-state index in [-0.39, 0.29) is 81.5 Å². The number of aliphatic carboxylic acids is 1. The number of carbonyl (C=O) groups excluding carboxylic acids is 16. The number of hydrogen-bond donors (Lipinski definition) is 15. The second kappa shape index (κ2) is 47.7. The van der Waals surface area contributed by atoms with Crippen LogP contribution in [0.25, 0.3) is 10.8 Å². The molecule has 1 aromatic heterocycles. The monoisotopic (exact) mass is 1760 g/mol. The molecule has 0 unspecified atom stereocenters. The molecule has 11 atom stereocenters. The standard InChI is InChI=1S/C84H106ClN17O16.C2HF3O2/c1-47(2)37-63(75(109)93-62(18-11-12-35-88-48(3)4)83(117)102-36-14-19-70(102)80(114)89-49(5)73(86)107)94-78(112)66(40-53-23-30-60(31-24-53)90-50(6)104)97-81(115)71(43-54-25-32-61(33-26-54)92-74(108)68-44-72(106)100-84(118)99-68)101(8)82(116)69(46-103)98-79(113)67(42-56-15-13-34-87-45-56)96-77(111)65(39-52-21-28-59(85)29-22-52)95-76(110)64(91-51(7)105)41-55-20-27-57-16-9-10-17-58(57)38-55;3-2(4,5)1(6)7/h9-10,13,15-17,20-34,38,45,47-49,62-71,88,103H,11-12,14,18-19,35-37,39-44,46H2,1-8H3,(H2,86,107)(H,89,114)(H,90,104)(H,91,105)(H,92,108)(H,93,109)(H,94,112)(H,95,110)(H,96,111)(H,97,115)(H,98,113)(H2,99,100,106,118);(H,6,7)/t49-,62+,63+,64-,65-,66-,67-,68+,69+,70+,71+;/m1./s1. The van der Waals surface area contributed by atoms with Crippen LogP contribution in [0.2, 0.25) is 5.02 Å². The average Bonchev–Trinajstić information content (AvgIpc) is 1.79. The molecule has 16 amide bonds. The van der Waals surface area contributed by atoms with Crippen LogP contribution in [-0.2, 0) is 104 Å². The number of quaternary nitrogens is 1. The van der Waals surface area contributed by atoms with Gasteiger partial charge in [-0.2, -0.15) is 13.2 Å². The van der Waals surface area contributed by atoms with Crippen LogP contribution < -0.4 is 80.0 Å². The number of urea groups is 1. The van der Waals surface area contributed by atoms with E-state index in [1.807, 2.05) is 56.3 Å². The number of rotatable bonds is 41. The number of carbonyl (C=O) groups is 16. The van der Waals surface area contributed by atoms with Gasteiger partial charge in [-0.1, -0.05) is 124 Å². The Bertz CT molecular complexity index is 4810. The third-order valence-corrected chi connectivity index (χ3v) is 20.5. The van der Waals surface area contributed by atoms with Gasteiger partial charge in [-0.25, -0.2) is 9.59 Å². The number of nitrogens with zero attached hydrogens (tertiary/aromatic N) is 3. The van der Waals surface area contributed by atoms with E-state index in [0.29, 0.717) is 64.3 Å². The van der Waals surface area contributed by atoms with Crippen molar-refractivity contribution in [3.63, 3.8) is 0 Å². The number of fused-ring (bicyclic) bond motifs is 1. The van der Waals surface area contributed by atoms with Crippen LogP contribution in [-0.4, -0.2) is 220 Å². The van der Waals surface area contributed by atoms with E-state index in [4.69, 9.17) is 21.5 Å². The fourth-order valence-electron chi connectivity index (χ4n) is 13.7. The Kier molecular flexibility index (Phi) is 37.9. The van der Waals surface area contributed by atoms with Gasteiger partial charge in [0.2, 0.25) is 76.8 Å². The zero-order valence-corrected chi connectivity index (χ0v) is 71.1. The number of amides is 16. The minimum atomic E-state index is -5.19. The molecular formula is C86H107ClF3N17O18. The number of unbranched alkanes of at least 4 members (excludes halogenated alkanes) is 1. The molecule has 0 bridgehead atoms. The van der Waals surface area contributed by atoms with Gasteiger partial charge in [0, 0.05) is 94.4 Å². The van der Waals surface area contributed by atoms with Crippen LogP contribution >= 0.6 is 11.6 Å². The number of carboxylic acids is 1. The van der Waals surface area contributed by atoms with Crippen LogP contribution in [0.15, 0.2) is 140 Å². The number of aromatic nitrogens is 1. The number of likely N-dealkylation sites (tertiary alicyclic amines) is 1. The normalized spacial score (nSPS) is 15.9. The zero-order chi connectivity index (χ0) is 91.9. The number of aliphatic hydroxyl groups excluding tert-OH is 1. The number of imide groups is 1. The molecule has 2 aliphatic rings. The van der Waals surface area contributed by atoms with Crippen molar-refractivity contribution in [2.75, 3.05) is 37.4 Å². The summed E-state index contributed by atoms with van der Waals surface area (Å²) in [6.07, 6.45) is -1.92. The molecule has 8 rings (SSSR count). The lowest BCUT2D eigenvalue weighted by atomic mass is 9.99. The molecule has 672 valence electrons. The number of hydrogen-bond acceptors (Lipinski definition) is 20. The van der Waals surface area contributed by atoms with E-state index in [1.54, 1.807) is 74.5 Å². The molecule has 2 aliphatic heterocycles. The molecule has 2 fully saturated rings. The maximum Gasteiger partial charge on any atom is 0.430 e. The number of alkyl halides is 3. The van der Waals surface area contributed by atoms with E-state index < -0.39 is 174 Å². The molecule has 0 aliphatic carbocycles. The summed E-state index contributed by atoms with van der Waals surface area (Å²) in [4.78, 5) is 225. The zero-order valence-electron chi connectivity index (χ0n) is 70.3. The maximum absolute atomic E-state index is 15.7. The lowest BCUT2D eigenvalue weighted by Gasteiger charge is -2.33. The number of halogens is 4. The number of nitrogens with one attached hydrogen (secondary N) is 13. The average molecular weight is 1760 g/mol. The highest BCUT2D eigenvalue weighted by molar-refractivity contribution is 6.30. The highest BCUT2D eigenvalue weighted by atomic mass is 35.5. The lowest BCUT2D eigenvalue weighted by molar-refractivity contribution is -0.344. The molecule has 6 aromatic rings. The number of benzene rings is 5. The first-order valence-corrected chi connectivity index (χ1v) is 41.0. The number of carboxylic acid groups (broad SMARTS) is 1. The van der Waals surface area contributed by atoms with Crippen molar-refractivity contribution in [1.29, 1.82) is 0 Å². The molecule has 125 heavy (non-hydrogen) atoms. The van der Waals surface area contributed by atoms with E-state index >= 15 is 28.8 Å². The van der Waals surface area contributed by atoms with Gasteiger partial charge in [0.15, 0.2) is 0 Å². The van der Waals surface area contributed by atoms with Crippen LogP contribution in [0.4, 0.5) is 29.3 Å². The van der Waals surface area contributed by atoms with E-state index in [0.717, 1.165) is 15.7 Å². The van der Waals surface area contributed by atoms with Crippen molar-refractivity contribution < 1.29 is 106 Å². The van der Waals surface area contributed by atoms with Gasteiger partial charge in [-0.15, -0.1) is 0 Å². The number of pyridine rings is 1. The first-order chi connectivity index (χ1) is 59.1. The van der Waals surface area contributed by atoms with E-state index in [9.17, 15) is 61.4 Å². The second-order valence-corrected chi connectivity index (χ2v) is 31.6. The second-order valence-electron chi connectivity index (χ2n) is 31.2. The third-order valence-electron chi connectivity index (χ3n) is 20.2. The van der Waals surface area contributed by atoms with Crippen LogP contribution in [0.5, 0.6) is 0 Å². The summed E-state index contributed by atoms with van der Waals surface area (Å²) in [6.45, 7) is 11.2. The van der Waals surface area contributed by atoms with Gasteiger partial charge in [-0.3, -0.25) is 78.4 Å². The van der Waals surface area contributed by atoms with Crippen molar-refractivity contribution >= 4 is 128 Å². The maximum atomic E-state index is 15.7.